The summed E-state index contributed by atoms with van der Waals surface area (Å²) < 4.78 is 5.54. The van der Waals surface area contributed by atoms with Gasteiger partial charge in [-0.2, -0.15) is 0 Å². The smallest absolute Gasteiger partial charge is 0.407 e. The van der Waals surface area contributed by atoms with Gasteiger partial charge in [0.15, 0.2) is 0 Å². The molecule has 0 aliphatic heterocycles. The fourth-order valence-corrected chi connectivity index (χ4v) is 3.80. The van der Waals surface area contributed by atoms with Gasteiger partial charge in [0.2, 0.25) is 0 Å². The fourth-order valence-electron chi connectivity index (χ4n) is 2.46. The van der Waals surface area contributed by atoms with E-state index in [0.29, 0.717) is 5.92 Å². The van der Waals surface area contributed by atoms with Gasteiger partial charge in [0.1, 0.15) is 6.10 Å². The number of aromatic nitrogens is 1. The molecule has 0 bridgehead atoms. The Kier molecular flexibility index (Phi) is 3.48. The number of fused-ring (bicyclic) bond motifs is 1. The number of carbonyl (C=O) groups is 1. The number of ether oxygens (including phenoxy) is 1. The first-order valence-electron chi connectivity index (χ1n) is 7.38. The largest absolute Gasteiger partial charge is 0.446 e. The van der Waals surface area contributed by atoms with Gasteiger partial charge in [-0.3, -0.25) is 0 Å². The number of aryl methyl sites for hydroxylation is 1. The van der Waals surface area contributed by atoms with Crippen molar-refractivity contribution in [3.05, 3.63) is 15.6 Å². The second-order valence-electron chi connectivity index (χ2n) is 6.84. The molecule has 1 amide bonds. The van der Waals surface area contributed by atoms with Gasteiger partial charge in [-0.25, -0.2) is 9.78 Å². The molecule has 0 aromatic carbocycles. The van der Waals surface area contributed by atoms with Gasteiger partial charge >= 0.3 is 6.09 Å². The molecule has 2 aliphatic rings. The van der Waals surface area contributed by atoms with Gasteiger partial charge in [-0.05, 0) is 46.5 Å². The molecule has 1 heterocycles. The predicted molar refractivity (Wildman–Crippen MR) is 79.3 cm³/mol. The lowest BCUT2D eigenvalue weighted by Crippen LogP contribution is -2.42. The second-order valence-corrected chi connectivity index (χ2v) is 7.96. The summed E-state index contributed by atoms with van der Waals surface area (Å²) >= 11 is 1.83. The number of nitrogens with one attached hydrogen (secondary N) is 1. The summed E-state index contributed by atoms with van der Waals surface area (Å²) in [6, 6.07) is 0. The molecule has 1 fully saturated rings. The van der Waals surface area contributed by atoms with E-state index in [9.17, 15) is 4.79 Å². The van der Waals surface area contributed by atoms with E-state index in [1.54, 1.807) is 0 Å². The summed E-state index contributed by atoms with van der Waals surface area (Å²) in [5.41, 5.74) is 0.994. The maximum Gasteiger partial charge on any atom is 0.407 e. The van der Waals surface area contributed by atoms with Gasteiger partial charge in [-0.1, -0.05) is 0 Å². The van der Waals surface area contributed by atoms with Gasteiger partial charge in [-0.15, -0.1) is 11.3 Å². The molecule has 2 aliphatic carbocycles. The standard InChI is InChI=1S/C15H22N2O2S/c1-15(2,3)17-14(18)19-10-6-7-11-12(8-10)20-13(16-11)9-4-5-9/h9-10H,4-8H2,1-3H3,(H,17,18)/t10-/m0/s1. The highest BCUT2D eigenvalue weighted by Gasteiger charge is 2.31. The SMILES string of the molecule is CC(C)(C)NC(=O)O[C@H]1CCc2nc(C3CC3)sc2C1. The number of hydrogen-bond donors (Lipinski definition) is 1. The number of alkyl carbamates (subject to hydrolysis) is 1. The maximum atomic E-state index is 11.8. The molecule has 0 unspecified atom stereocenters. The highest BCUT2D eigenvalue weighted by Crippen LogP contribution is 2.43. The molecule has 1 saturated carbocycles. The van der Waals surface area contributed by atoms with Crippen LogP contribution >= 0.6 is 11.3 Å². The summed E-state index contributed by atoms with van der Waals surface area (Å²) in [7, 11) is 0. The van der Waals surface area contributed by atoms with Crippen molar-refractivity contribution >= 4 is 17.4 Å². The second kappa shape index (κ2) is 5.02. The number of rotatable bonds is 2. The Morgan fingerprint density at radius 2 is 2.10 bits per heavy atom. The Balaban J connectivity index is 1.59. The predicted octanol–water partition coefficient (Wildman–Crippen LogP) is 3.40. The number of hydrogen-bond acceptors (Lipinski definition) is 4. The van der Waals surface area contributed by atoms with Crippen LogP contribution in [-0.2, 0) is 17.6 Å². The Hall–Kier alpha value is -1.10. The van der Waals surface area contributed by atoms with Crippen molar-refractivity contribution in [1.82, 2.24) is 10.3 Å². The summed E-state index contributed by atoms with van der Waals surface area (Å²) in [6.45, 7) is 5.87. The zero-order valence-corrected chi connectivity index (χ0v) is 13.2. The van der Waals surface area contributed by atoms with Crippen molar-refractivity contribution in [2.45, 2.75) is 70.4 Å². The molecule has 0 spiro atoms. The van der Waals surface area contributed by atoms with Crippen LogP contribution in [0.2, 0.25) is 0 Å². The molecule has 20 heavy (non-hydrogen) atoms. The van der Waals surface area contributed by atoms with E-state index < -0.39 is 0 Å². The van der Waals surface area contributed by atoms with E-state index in [1.165, 1.54) is 28.4 Å². The van der Waals surface area contributed by atoms with E-state index in [2.05, 4.69) is 5.32 Å². The molecular formula is C15H22N2O2S. The third-order valence-electron chi connectivity index (χ3n) is 3.59. The molecule has 1 atom stereocenters. The average Bonchev–Trinajstić information content (AvgIpc) is 3.07. The molecule has 1 aromatic heterocycles. The minimum absolute atomic E-state index is 0.00245. The summed E-state index contributed by atoms with van der Waals surface area (Å²) in [5, 5.41) is 4.15. The quantitative estimate of drug-likeness (QED) is 0.909. The average molecular weight is 294 g/mol. The first-order valence-corrected chi connectivity index (χ1v) is 8.19. The zero-order valence-electron chi connectivity index (χ0n) is 12.4. The molecule has 1 aromatic rings. The fraction of sp³-hybridized carbons (Fsp3) is 0.733. The van der Waals surface area contributed by atoms with Crippen LogP contribution in [0.25, 0.3) is 0 Å². The summed E-state index contributed by atoms with van der Waals surface area (Å²) in [6.07, 6.45) is 4.93. The van der Waals surface area contributed by atoms with E-state index in [4.69, 9.17) is 9.72 Å². The maximum absolute atomic E-state index is 11.8. The third kappa shape index (κ3) is 3.32. The van der Waals surface area contributed by atoms with Crippen molar-refractivity contribution in [1.29, 1.82) is 0 Å². The number of amides is 1. The van der Waals surface area contributed by atoms with E-state index >= 15 is 0 Å². The Labute approximate surface area is 123 Å². The Morgan fingerprint density at radius 3 is 2.75 bits per heavy atom. The highest BCUT2D eigenvalue weighted by molar-refractivity contribution is 7.11. The highest BCUT2D eigenvalue weighted by atomic mass is 32.1. The molecule has 5 heteroatoms. The lowest BCUT2D eigenvalue weighted by atomic mass is 10.00. The topological polar surface area (TPSA) is 51.2 Å². The Bertz CT molecular complexity index is 514. The molecular weight excluding hydrogens is 272 g/mol. The van der Waals surface area contributed by atoms with Gasteiger partial charge in [0.25, 0.3) is 0 Å². The lowest BCUT2D eigenvalue weighted by Gasteiger charge is -2.25. The van der Waals surface area contributed by atoms with E-state index in [-0.39, 0.29) is 17.7 Å². The van der Waals surface area contributed by atoms with Crippen LogP contribution in [0.1, 0.15) is 61.5 Å². The van der Waals surface area contributed by atoms with Crippen LogP contribution in [0, 0.1) is 0 Å². The molecule has 110 valence electrons. The van der Waals surface area contributed by atoms with Crippen LogP contribution in [-0.4, -0.2) is 22.7 Å². The number of carbonyl (C=O) groups excluding carboxylic acids is 1. The molecule has 1 N–H and O–H groups in total. The van der Waals surface area contributed by atoms with Crippen LogP contribution in [0.4, 0.5) is 4.79 Å². The first kappa shape index (κ1) is 13.9. The van der Waals surface area contributed by atoms with E-state index in [0.717, 1.165) is 19.3 Å². The molecule has 3 rings (SSSR count). The van der Waals surface area contributed by atoms with Crippen molar-refractivity contribution in [2.75, 3.05) is 0 Å². The van der Waals surface area contributed by atoms with E-state index in [1.807, 2.05) is 32.1 Å². The first-order chi connectivity index (χ1) is 9.40. The minimum Gasteiger partial charge on any atom is -0.446 e. The van der Waals surface area contributed by atoms with Gasteiger partial charge in [0.05, 0.1) is 10.7 Å². The monoisotopic (exact) mass is 294 g/mol. The summed E-state index contributed by atoms with van der Waals surface area (Å²) in [4.78, 5) is 17.9. The molecule has 0 saturated heterocycles. The van der Waals surface area contributed by atoms with Crippen LogP contribution in [0.3, 0.4) is 0 Å². The Morgan fingerprint density at radius 1 is 1.35 bits per heavy atom. The van der Waals surface area contributed by atoms with Gasteiger partial charge < -0.3 is 10.1 Å². The number of thiazole rings is 1. The zero-order chi connectivity index (χ0) is 14.3. The normalized spacial score (nSPS) is 22.2. The summed E-state index contributed by atoms with van der Waals surface area (Å²) in [5.74, 6) is 0.717. The van der Waals surface area contributed by atoms with Crippen LogP contribution < -0.4 is 5.32 Å². The molecule has 0 radical (unpaired) electrons. The van der Waals surface area contributed by atoms with Crippen molar-refractivity contribution in [3.8, 4) is 0 Å². The van der Waals surface area contributed by atoms with Crippen LogP contribution in [0.15, 0.2) is 0 Å². The van der Waals surface area contributed by atoms with Crippen molar-refractivity contribution in [3.63, 3.8) is 0 Å². The number of nitrogens with zero attached hydrogens (tertiary/aromatic N) is 1. The van der Waals surface area contributed by atoms with Crippen molar-refractivity contribution < 1.29 is 9.53 Å². The van der Waals surface area contributed by atoms with Gasteiger partial charge in [0, 0.05) is 22.8 Å². The van der Waals surface area contributed by atoms with Crippen molar-refractivity contribution in [2.24, 2.45) is 0 Å². The lowest BCUT2D eigenvalue weighted by molar-refractivity contribution is 0.0839. The minimum atomic E-state index is -0.308. The molecule has 4 nitrogen and oxygen atoms in total. The third-order valence-corrected chi connectivity index (χ3v) is 4.87. The van der Waals surface area contributed by atoms with Crippen LogP contribution in [0.5, 0.6) is 0 Å².